The lowest BCUT2D eigenvalue weighted by Gasteiger charge is -2.09. The van der Waals surface area contributed by atoms with Crippen LogP contribution in [0.1, 0.15) is 25.7 Å². The maximum atomic E-state index is 5.76. The van der Waals surface area contributed by atoms with E-state index in [2.05, 4.69) is 20.1 Å². The second-order valence-corrected chi connectivity index (χ2v) is 3.69. The molecule has 6 heteroatoms. The van der Waals surface area contributed by atoms with Crippen LogP contribution in [-0.4, -0.2) is 26.2 Å². The van der Waals surface area contributed by atoms with Gasteiger partial charge in [-0.2, -0.15) is 4.98 Å². The Morgan fingerprint density at radius 1 is 1.31 bits per heavy atom. The van der Waals surface area contributed by atoms with E-state index in [4.69, 9.17) is 10.3 Å². The Bertz CT molecular complexity index is 453. The summed E-state index contributed by atoms with van der Waals surface area (Å²) in [4.78, 5) is 12.3. The van der Waals surface area contributed by atoms with Crippen molar-refractivity contribution in [2.24, 2.45) is 5.73 Å². The molecule has 0 aromatic carbocycles. The zero-order valence-corrected chi connectivity index (χ0v) is 9.16. The van der Waals surface area contributed by atoms with Gasteiger partial charge in [0.05, 0.1) is 12.1 Å². The van der Waals surface area contributed by atoms with Crippen LogP contribution in [0.15, 0.2) is 23.1 Å². The fraction of sp³-hybridized carbons (Fsp3) is 0.400. The quantitative estimate of drug-likeness (QED) is 0.827. The first kappa shape index (κ1) is 10.7. The van der Waals surface area contributed by atoms with E-state index in [9.17, 15) is 0 Å². The van der Waals surface area contributed by atoms with Crippen LogP contribution in [0.5, 0.6) is 0 Å². The predicted molar refractivity (Wildman–Crippen MR) is 57.4 cm³/mol. The minimum atomic E-state index is -0.0323. The molecule has 2 rings (SSSR count). The molecule has 2 aromatic heterocycles. The van der Waals surface area contributed by atoms with Gasteiger partial charge in [0.2, 0.25) is 11.7 Å². The van der Waals surface area contributed by atoms with Crippen LogP contribution in [0, 0.1) is 0 Å². The topological polar surface area (TPSA) is 90.7 Å². The Morgan fingerprint density at radius 3 is 2.75 bits per heavy atom. The van der Waals surface area contributed by atoms with Crippen LogP contribution in [0.2, 0.25) is 0 Å². The van der Waals surface area contributed by atoms with Gasteiger partial charge in [0.25, 0.3) is 0 Å². The maximum absolute atomic E-state index is 5.76. The summed E-state index contributed by atoms with van der Waals surface area (Å²) >= 11 is 0. The molecule has 0 aliphatic rings. The zero-order chi connectivity index (χ0) is 11.5. The highest BCUT2D eigenvalue weighted by Crippen LogP contribution is 2.19. The fourth-order valence-electron chi connectivity index (χ4n) is 1.16. The first-order chi connectivity index (χ1) is 7.68. The number of nitrogens with zero attached hydrogens (tertiary/aromatic N) is 4. The van der Waals surface area contributed by atoms with Gasteiger partial charge in [-0.1, -0.05) is 12.1 Å². The lowest BCUT2D eigenvalue weighted by atomic mass is 10.1. The van der Waals surface area contributed by atoms with E-state index in [1.807, 2.05) is 13.8 Å². The van der Waals surface area contributed by atoms with Crippen molar-refractivity contribution in [3.05, 3.63) is 24.5 Å². The van der Waals surface area contributed by atoms with Crippen LogP contribution in [0.4, 0.5) is 0 Å². The van der Waals surface area contributed by atoms with Crippen molar-refractivity contribution in [2.75, 3.05) is 0 Å². The summed E-state index contributed by atoms with van der Waals surface area (Å²) in [7, 11) is 0. The molecule has 0 aliphatic carbocycles. The molecule has 2 atom stereocenters. The summed E-state index contributed by atoms with van der Waals surface area (Å²) in [5.74, 6) is 0.990. The molecule has 2 aromatic rings. The van der Waals surface area contributed by atoms with E-state index in [1.54, 1.807) is 18.6 Å². The molecule has 0 saturated heterocycles. The monoisotopic (exact) mass is 219 g/mol. The van der Waals surface area contributed by atoms with Gasteiger partial charge in [-0.25, -0.2) is 4.98 Å². The summed E-state index contributed by atoms with van der Waals surface area (Å²) in [5, 5.41) is 3.85. The SMILES string of the molecule is CC(N)C(C)c1nc(-c2cnccn2)no1. The first-order valence-electron chi connectivity index (χ1n) is 5.04. The van der Waals surface area contributed by atoms with E-state index >= 15 is 0 Å². The highest BCUT2D eigenvalue weighted by atomic mass is 16.5. The number of rotatable bonds is 3. The molecule has 2 heterocycles. The molecule has 0 amide bonds. The molecule has 0 aliphatic heterocycles. The van der Waals surface area contributed by atoms with Crippen LogP contribution in [-0.2, 0) is 0 Å². The Balaban J connectivity index is 2.27. The summed E-state index contributed by atoms with van der Waals surface area (Å²) in [6.45, 7) is 3.84. The van der Waals surface area contributed by atoms with Crippen molar-refractivity contribution in [3.63, 3.8) is 0 Å². The largest absolute Gasteiger partial charge is 0.339 e. The van der Waals surface area contributed by atoms with Gasteiger partial charge in [0.1, 0.15) is 5.69 Å². The molecule has 0 saturated carbocycles. The molecule has 0 fully saturated rings. The van der Waals surface area contributed by atoms with Crippen molar-refractivity contribution >= 4 is 0 Å². The Hall–Kier alpha value is -1.82. The lowest BCUT2D eigenvalue weighted by molar-refractivity contribution is 0.346. The number of nitrogens with two attached hydrogens (primary N) is 1. The highest BCUT2D eigenvalue weighted by molar-refractivity contribution is 5.45. The van der Waals surface area contributed by atoms with Gasteiger partial charge in [-0.3, -0.25) is 4.98 Å². The minimum absolute atomic E-state index is 0.0259. The molecule has 0 bridgehead atoms. The van der Waals surface area contributed by atoms with E-state index in [-0.39, 0.29) is 12.0 Å². The minimum Gasteiger partial charge on any atom is -0.339 e. The smallest absolute Gasteiger partial charge is 0.231 e. The van der Waals surface area contributed by atoms with E-state index < -0.39 is 0 Å². The highest BCUT2D eigenvalue weighted by Gasteiger charge is 2.18. The van der Waals surface area contributed by atoms with E-state index in [0.717, 1.165) is 0 Å². The van der Waals surface area contributed by atoms with Gasteiger partial charge in [0.15, 0.2) is 0 Å². The molecule has 0 radical (unpaired) electrons. The van der Waals surface area contributed by atoms with Crippen molar-refractivity contribution < 1.29 is 4.52 Å². The maximum Gasteiger partial charge on any atom is 0.231 e. The Kier molecular flexibility index (Phi) is 2.91. The summed E-state index contributed by atoms with van der Waals surface area (Å²) < 4.78 is 5.13. The van der Waals surface area contributed by atoms with Gasteiger partial charge >= 0.3 is 0 Å². The standard InChI is InChI=1S/C10H13N5O/c1-6(7(2)11)10-14-9(15-16-10)8-5-12-3-4-13-8/h3-7H,11H2,1-2H3. The Labute approximate surface area is 92.9 Å². The van der Waals surface area contributed by atoms with Crippen LogP contribution < -0.4 is 5.73 Å². The molecule has 6 nitrogen and oxygen atoms in total. The third-order valence-corrected chi connectivity index (χ3v) is 2.41. The zero-order valence-electron chi connectivity index (χ0n) is 9.16. The van der Waals surface area contributed by atoms with Crippen molar-refractivity contribution in [1.29, 1.82) is 0 Å². The predicted octanol–water partition coefficient (Wildman–Crippen LogP) is 0.977. The molecule has 84 valence electrons. The van der Waals surface area contributed by atoms with E-state index in [1.165, 1.54) is 0 Å². The summed E-state index contributed by atoms with van der Waals surface area (Å²) in [6.07, 6.45) is 4.76. The van der Waals surface area contributed by atoms with Gasteiger partial charge in [0, 0.05) is 18.4 Å². The average Bonchev–Trinajstić information content (AvgIpc) is 2.78. The number of aromatic nitrogens is 4. The molecule has 2 unspecified atom stereocenters. The average molecular weight is 219 g/mol. The summed E-state index contributed by atoms with van der Waals surface area (Å²) in [6, 6.07) is -0.0323. The second-order valence-electron chi connectivity index (χ2n) is 3.69. The molecule has 2 N–H and O–H groups in total. The Morgan fingerprint density at radius 2 is 2.12 bits per heavy atom. The molecular weight excluding hydrogens is 206 g/mol. The molecule has 0 spiro atoms. The summed E-state index contributed by atoms with van der Waals surface area (Å²) in [5.41, 5.74) is 6.35. The van der Waals surface area contributed by atoms with Crippen molar-refractivity contribution in [1.82, 2.24) is 20.1 Å². The lowest BCUT2D eigenvalue weighted by Crippen LogP contribution is -2.22. The van der Waals surface area contributed by atoms with Gasteiger partial charge in [-0.05, 0) is 6.92 Å². The normalized spacial score (nSPS) is 14.7. The first-order valence-corrected chi connectivity index (χ1v) is 5.04. The second kappa shape index (κ2) is 4.36. The third kappa shape index (κ3) is 2.06. The molecular formula is C10H13N5O. The van der Waals surface area contributed by atoms with Crippen LogP contribution >= 0.6 is 0 Å². The van der Waals surface area contributed by atoms with Gasteiger partial charge in [-0.15, -0.1) is 0 Å². The van der Waals surface area contributed by atoms with Gasteiger partial charge < -0.3 is 10.3 Å². The van der Waals surface area contributed by atoms with Crippen molar-refractivity contribution in [2.45, 2.75) is 25.8 Å². The van der Waals surface area contributed by atoms with E-state index in [0.29, 0.717) is 17.4 Å². The molecule has 16 heavy (non-hydrogen) atoms. The van der Waals surface area contributed by atoms with Crippen LogP contribution in [0.25, 0.3) is 11.5 Å². The fourth-order valence-corrected chi connectivity index (χ4v) is 1.16. The van der Waals surface area contributed by atoms with Crippen molar-refractivity contribution in [3.8, 4) is 11.5 Å². The third-order valence-electron chi connectivity index (χ3n) is 2.41. The number of hydrogen-bond acceptors (Lipinski definition) is 6. The van der Waals surface area contributed by atoms with Crippen LogP contribution in [0.3, 0.4) is 0 Å². The number of hydrogen-bond donors (Lipinski definition) is 1.